The lowest BCUT2D eigenvalue weighted by Crippen LogP contribution is -2.36. The normalized spacial score (nSPS) is 10.1. The summed E-state index contributed by atoms with van der Waals surface area (Å²) in [5.74, 6) is 0.749. The molecule has 1 rings (SSSR count). The van der Waals surface area contributed by atoms with E-state index in [-0.39, 0.29) is 12.0 Å². The molecule has 15 heavy (non-hydrogen) atoms. The van der Waals surface area contributed by atoms with E-state index in [9.17, 15) is 0 Å². The van der Waals surface area contributed by atoms with Crippen LogP contribution in [0.2, 0.25) is 0 Å². The number of hydrogen-bond acceptors (Lipinski definition) is 5. The van der Waals surface area contributed by atoms with Crippen LogP contribution in [0, 0.1) is 5.41 Å². The molecular weight excluding hydrogens is 196 g/mol. The topological polar surface area (TPSA) is 126 Å². The van der Waals surface area contributed by atoms with Crippen LogP contribution < -0.4 is 22.1 Å². The number of nitrogens with zero attached hydrogens (tertiary/aromatic N) is 1. The molecule has 7 nitrogen and oxygen atoms in total. The minimum absolute atomic E-state index is 0.0141. The van der Waals surface area contributed by atoms with E-state index in [1.807, 2.05) is 0 Å². The smallest absolute Gasteiger partial charge is 0.292 e. The summed E-state index contributed by atoms with van der Waals surface area (Å²) < 4.78 is 5.09. The van der Waals surface area contributed by atoms with Crippen LogP contribution in [0.15, 0.2) is 10.6 Å². The van der Waals surface area contributed by atoms with Crippen molar-refractivity contribution in [3.8, 4) is 0 Å². The molecule has 0 spiro atoms. The largest absolute Gasteiger partial charge is 0.429 e. The van der Waals surface area contributed by atoms with Crippen molar-refractivity contribution in [2.45, 2.75) is 6.42 Å². The van der Waals surface area contributed by atoms with E-state index >= 15 is 0 Å². The van der Waals surface area contributed by atoms with E-state index in [0.717, 1.165) is 25.3 Å². The Kier molecular flexibility index (Phi) is 4.42. The summed E-state index contributed by atoms with van der Waals surface area (Å²) in [6, 6.07) is 0.197. The van der Waals surface area contributed by atoms with Gasteiger partial charge in [-0.2, -0.15) is 0 Å². The standard InChI is InChI=1S/C8H16N6O/c9-7(10)13-4-3-12-2-1-6-5-14-8(11)15-6/h5,12H,1-4H2,(H2,11,14)(H4,9,10,13). The first-order chi connectivity index (χ1) is 7.18. The number of nitrogen functional groups attached to an aromatic ring is 1. The number of guanidine groups is 1. The maximum absolute atomic E-state index is 6.91. The number of oxazole rings is 1. The second kappa shape index (κ2) is 5.86. The second-order valence-corrected chi connectivity index (χ2v) is 3.01. The van der Waals surface area contributed by atoms with E-state index in [4.69, 9.17) is 21.3 Å². The highest BCUT2D eigenvalue weighted by Gasteiger charge is 1.99. The average Bonchev–Trinajstić information content (AvgIpc) is 2.57. The lowest BCUT2D eigenvalue weighted by Gasteiger charge is -2.04. The minimum atomic E-state index is -0.0141. The Morgan fingerprint density at radius 1 is 1.47 bits per heavy atom. The molecule has 1 heterocycles. The maximum atomic E-state index is 6.91. The molecule has 0 atom stereocenters. The van der Waals surface area contributed by atoms with Crippen LogP contribution in [0.1, 0.15) is 5.76 Å². The van der Waals surface area contributed by atoms with Crippen LogP contribution in [0.5, 0.6) is 0 Å². The zero-order valence-electron chi connectivity index (χ0n) is 8.42. The Balaban J connectivity index is 2.00. The van der Waals surface area contributed by atoms with Crippen LogP contribution in [0.4, 0.5) is 6.01 Å². The van der Waals surface area contributed by atoms with Gasteiger partial charge in [-0.3, -0.25) is 5.41 Å². The molecule has 0 bridgehead atoms. The second-order valence-electron chi connectivity index (χ2n) is 3.01. The van der Waals surface area contributed by atoms with Gasteiger partial charge in [-0.1, -0.05) is 0 Å². The number of nitrogens with one attached hydrogen (secondary N) is 3. The zero-order valence-corrected chi connectivity index (χ0v) is 8.42. The third-order valence-electron chi connectivity index (χ3n) is 1.74. The van der Waals surface area contributed by atoms with Gasteiger partial charge in [0.1, 0.15) is 5.76 Å². The molecule has 0 aliphatic heterocycles. The van der Waals surface area contributed by atoms with Crippen molar-refractivity contribution in [2.75, 3.05) is 25.4 Å². The number of aromatic nitrogens is 1. The fourth-order valence-electron chi connectivity index (χ4n) is 1.06. The molecule has 0 radical (unpaired) electrons. The third kappa shape index (κ3) is 4.87. The van der Waals surface area contributed by atoms with Gasteiger partial charge in [0.25, 0.3) is 6.01 Å². The molecule has 1 aromatic rings. The lowest BCUT2D eigenvalue weighted by atomic mass is 10.3. The van der Waals surface area contributed by atoms with E-state index in [1.54, 1.807) is 6.20 Å². The summed E-state index contributed by atoms with van der Waals surface area (Å²) in [5, 5.41) is 12.8. The highest BCUT2D eigenvalue weighted by molar-refractivity contribution is 5.74. The van der Waals surface area contributed by atoms with Crippen molar-refractivity contribution >= 4 is 12.0 Å². The van der Waals surface area contributed by atoms with Gasteiger partial charge in [0, 0.05) is 26.1 Å². The molecule has 0 aliphatic rings. The lowest BCUT2D eigenvalue weighted by molar-refractivity contribution is 0.511. The molecule has 0 amide bonds. The summed E-state index contributed by atoms with van der Waals surface area (Å²) >= 11 is 0. The van der Waals surface area contributed by atoms with Crippen LogP contribution in [0.3, 0.4) is 0 Å². The van der Waals surface area contributed by atoms with Crippen molar-refractivity contribution in [3.05, 3.63) is 12.0 Å². The maximum Gasteiger partial charge on any atom is 0.292 e. The Hall–Kier alpha value is -1.76. The molecule has 1 aromatic heterocycles. The van der Waals surface area contributed by atoms with Gasteiger partial charge in [0.05, 0.1) is 6.20 Å². The average molecular weight is 212 g/mol. The van der Waals surface area contributed by atoms with Gasteiger partial charge >= 0.3 is 0 Å². The van der Waals surface area contributed by atoms with Crippen molar-refractivity contribution < 1.29 is 4.42 Å². The van der Waals surface area contributed by atoms with E-state index in [1.165, 1.54) is 0 Å². The predicted octanol–water partition coefficient (Wildman–Crippen LogP) is -1.13. The highest BCUT2D eigenvalue weighted by atomic mass is 16.4. The first kappa shape index (κ1) is 11.3. The fourth-order valence-corrected chi connectivity index (χ4v) is 1.06. The van der Waals surface area contributed by atoms with Gasteiger partial charge < -0.3 is 26.5 Å². The van der Waals surface area contributed by atoms with Crippen LogP contribution in [0.25, 0.3) is 0 Å². The molecule has 7 heteroatoms. The minimum Gasteiger partial charge on any atom is -0.429 e. The van der Waals surface area contributed by atoms with Crippen LogP contribution in [-0.2, 0) is 6.42 Å². The molecule has 84 valence electrons. The Morgan fingerprint density at radius 2 is 2.27 bits per heavy atom. The number of anilines is 1. The molecule has 0 fully saturated rings. The van der Waals surface area contributed by atoms with E-state index in [2.05, 4.69) is 15.6 Å². The molecule has 0 unspecified atom stereocenters. The SMILES string of the molecule is N=C(N)NCCNCCc1cnc(N)o1. The van der Waals surface area contributed by atoms with Crippen molar-refractivity contribution in [3.63, 3.8) is 0 Å². The Labute approximate surface area is 87.7 Å². The van der Waals surface area contributed by atoms with Crippen LogP contribution in [-0.4, -0.2) is 30.6 Å². The van der Waals surface area contributed by atoms with Gasteiger partial charge in [0.15, 0.2) is 5.96 Å². The van der Waals surface area contributed by atoms with Crippen molar-refractivity contribution in [1.29, 1.82) is 5.41 Å². The third-order valence-corrected chi connectivity index (χ3v) is 1.74. The summed E-state index contributed by atoms with van der Waals surface area (Å²) in [5.41, 5.74) is 10.4. The highest BCUT2D eigenvalue weighted by Crippen LogP contribution is 2.03. The molecule has 0 saturated carbocycles. The Morgan fingerprint density at radius 3 is 2.87 bits per heavy atom. The number of rotatable bonds is 6. The quantitative estimate of drug-likeness (QED) is 0.231. The van der Waals surface area contributed by atoms with Gasteiger partial charge in [-0.15, -0.1) is 0 Å². The molecular formula is C8H16N6O. The predicted molar refractivity (Wildman–Crippen MR) is 57.4 cm³/mol. The summed E-state index contributed by atoms with van der Waals surface area (Å²) in [6.07, 6.45) is 2.36. The van der Waals surface area contributed by atoms with Gasteiger partial charge in [-0.05, 0) is 0 Å². The van der Waals surface area contributed by atoms with Gasteiger partial charge in [0.2, 0.25) is 0 Å². The Bertz CT molecular complexity index is 310. The molecule has 0 aromatic carbocycles. The van der Waals surface area contributed by atoms with E-state index in [0.29, 0.717) is 6.54 Å². The molecule has 7 N–H and O–H groups in total. The first-order valence-corrected chi connectivity index (χ1v) is 4.67. The van der Waals surface area contributed by atoms with E-state index < -0.39 is 0 Å². The number of nitrogens with two attached hydrogens (primary N) is 2. The summed E-state index contributed by atoms with van der Waals surface area (Å²) in [7, 11) is 0. The fraction of sp³-hybridized carbons (Fsp3) is 0.500. The van der Waals surface area contributed by atoms with Crippen LogP contribution >= 0.6 is 0 Å². The van der Waals surface area contributed by atoms with Gasteiger partial charge in [-0.25, -0.2) is 4.98 Å². The zero-order chi connectivity index (χ0) is 11.1. The summed E-state index contributed by atoms with van der Waals surface area (Å²) in [6.45, 7) is 2.14. The summed E-state index contributed by atoms with van der Waals surface area (Å²) in [4.78, 5) is 3.78. The van der Waals surface area contributed by atoms with Crippen molar-refractivity contribution in [2.24, 2.45) is 5.73 Å². The molecule has 0 saturated heterocycles. The monoisotopic (exact) mass is 212 g/mol. The first-order valence-electron chi connectivity index (χ1n) is 4.67. The van der Waals surface area contributed by atoms with Crippen molar-refractivity contribution in [1.82, 2.24) is 15.6 Å². The number of hydrogen-bond donors (Lipinski definition) is 5. The molecule has 0 aliphatic carbocycles.